The number of ether oxygens (including phenoxy) is 1. The van der Waals surface area contributed by atoms with Crippen LogP contribution in [-0.4, -0.2) is 59.2 Å². The molecule has 1 spiro atoms. The van der Waals surface area contributed by atoms with Gasteiger partial charge in [0.25, 0.3) is 11.8 Å². The Balaban J connectivity index is 1.03. The molecule has 0 aliphatic heterocycles. The Morgan fingerprint density at radius 3 is 2.66 bits per heavy atom. The van der Waals surface area contributed by atoms with Gasteiger partial charge in [0.1, 0.15) is 11.7 Å². The maximum atomic E-state index is 13.5. The highest BCUT2D eigenvalue weighted by Gasteiger charge is 2.54. The maximum absolute atomic E-state index is 13.5. The summed E-state index contributed by atoms with van der Waals surface area (Å²) in [5.41, 5.74) is 8.25. The number of hydrogen-bond acceptors (Lipinski definition) is 7. The van der Waals surface area contributed by atoms with Crippen LogP contribution in [0.25, 0.3) is 22.0 Å². The summed E-state index contributed by atoms with van der Waals surface area (Å²) < 4.78 is 9.51. The van der Waals surface area contributed by atoms with E-state index in [-0.39, 0.29) is 34.9 Å². The maximum Gasteiger partial charge on any atom is 0.272 e. The van der Waals surface area contributed by atoms with Crippen molar-refractivity contribution in [1.82, 2.24) is 29.9 Å². The molecule has 11 heteroatoms. The summed E-state index contributed by atoms with van der Waals surface area (Å²) >= 11 is 0. The van der Waals surface area contributed by atoms with Gasteiger partial charge in [-0.25, -0.2) is 4.98 Å². The zero-order valence-electron chi connectivity index (χ0n) is 22.9. The summed E-state index contributed by atoms with van der Waals surface area (Å²) in [6, 6.07) is 9.29. The number of hydrogen-bond donors (Lipinski definition) is 3. The van der Waals surface area contributed by atoms with E-state index < -0.39 is 11.5 Å². The van der Waals surface area contributed by atoms with Gasteiger partial charge in [-0.05, 0) is 80.2 Å². The molecular formula is C30H33N7O4. The molecule has 0 radical (unpaired) electrons. The van der Waals surface area contributed by atoms with Crippen LogP contribution in [0.1, 0.15) is 65.8 Å². The van der Waals surface area contributed by atoms with Gasteiger partial charge in [0, 0.05) is 36.4 Å². The smallest absolute Gasteiger partial charge is 0.272 e. The van der Waals surface area contributed by atoms with Gasteiger partial charge >= 0.3 is 0 Å². The molecule has 41 heavy (non-hydrogen) atoms. The third-order valence-corrected chi connectivity index (χ3v) is 9.06. The minimum atomic E-state index is -0.784. The average molecular weight is 556 g/mol. The Morgan fingerprint density at radius 2 is 1.98 bits per heavy atom. The van der Waals surface area contributed by atoms with E-state index in [0.717, 1.165) is 67.0 Å². The average Bonchev–Trinajstić information content (AvgIpc) is 3.48. The summed E-state index contributed by atoms with van der Waals surface area (Å²) in [4.78, 5) is 29.3. The van der Waals surface area contributed by atoms with E-state index in [1.807, 2.05) is 37.6 Å². The number of amides is 2. The Kier molecular flexibility index (Phi) is 5.90. The van der Waals surface area contributed by atoms with Crippen molar-refractivity contribution >= 4 is 22.7 Å². The molecule has 0 bridgehead atoms. The van der Waals surface area contributed by atoms with Crippen molar-refractivity contribution < 1.29 is 19.4 Å². The molecular weight excluding hydrogens is 522 g/mol. The molecule has 0 unspecified atom stereocenters. The van der Waals surface area contributed by atoms with Crippen LogP contribution in [0.5, 0.6) is 5.88 Å². The van der Waals surface area contributed by atoms with Crippen LogP contribution in [0.4, 0.5) is 0 Å². The first-order chi connectivity index (χ1) is 19.7. The summed E-state index contributed by atoms with van der Waals surface area (Å²) in [6.45, 7) is 0.356. The number of aliphatic hydroxyl groups is 1. The minimum absolute atomic E-state index is 0.0226. The zero-order chi connectivity index (χ0) is 28.4. The molecule has 4 aromatic rings. The van der Waals surface area contributed by atoms with Crippen molar-refractivity contribution in [3.63, 3.8) is 0 Å². The van der Waals surface area contributed by atoms with Gasteiger partial charge in [-0.15, -0.1) is 0 Å². The van der Waals surface area contributed by atoms with E-state index >= 15 is 0 Å². The van der Waals surface area contributed by atoms with Crippen molar-refractivity contribution in [3.05, 3.63) is 60.2 Å². The van der Waals surface area contributed by atoms with Crippen LogP contribution in [0.2, 0.25) is 0 Å². The normalized spacial score (nSPS) is 24.3. The molecule has 3 fully saturated rings. The fourth-order valence-corrected chi connectivity index (χ4v) is 6.73. The Hall–Kier alpha value is -4.25. The molecule has 3 saturated carbocycles. The molecule has 11 nitrogen and oxygen atoms in total. The van der Waals surface area contributed by atoms with E-state index in [4.69, 9.17) is 15.6 Å². The van der Waals surface area contributed by atoms with Crippen LogP contribution >= 0.6 is 0 Å². The summed E-state index contributed by atoms with van der Waals surface area (Å²) in [5, 5.41) is 23.8. The lowest BCUT2D eigenvalue weighted by atomic mass is 9.53. The first kappa shape index (κ1) is 25.7. The molecule has 0 atom stereocenters. The van der Waals surface area contributed by atoms with Crippen LogP contribution in [0.15, 0.2) is 48.9 Å². The number of primary amides is 1. The van der Waals surface area contributed by atoms with Crippen molar-refractivity contribution in [2.24, 2.45) is 18.2 Å². The van der Waals surface area contributed by atoms with Crippen LogP contribution in [-0.2, 0) is 13.6 Å². The highest BCUT2D eigenvalue weighted by atomic mass is 16.5. The third-order valence-electron chi connectivity index (χ3n) is 9.06. The van der Waals surface area contributed by atoms with E-state index in [1.165, 1.54) is 0 Å². The standard InChI is InChI=1S/C30H33N7O4/c1-36-16-19(15-33-36)18-5-6-22-24(10-18)37(17-30(40)7-3-8-30)35-25(22)27(39)34-20-11-29(12-20)13-21(14-29)41-28-23(26(31)38)4-2-9-32-28/h2,4-6,9-10,15-16,20-21,40H,3,7-8,11-14,17H2,1H3,(H2,31,38)(H,34,39). The number of nitrogens with zero attached hydrogens (tertiary/aromatic N) is 5. The van der Waals surface area contributed by atoms with Crippen molar-refractivity contribution in [3.8, 4) is 17.0 Å². The second-order valence-electron chi connectivity index (χ2n) is 12.2. The zero-order valence-corrected chi connectivity index (χ0v) is 22.9. The number of pyridine rings is 1. The first-order valence-corrected chi connectivity index (χ1v) is 14.1. The Bertz CT molecular complexity index is 1660. The molecule has 3 heterocycles. The predicted octanol–water partition coefficient (Wildman–Crippen LogP) is 2.97. The van der Waals surface area contributed by atoms with Gasteiger partial charge < -0.3 is 20.9 Å². The van der Waals surface area contributed by atoms with Crippen LogP contribution in [0, 0.1) is 5.41 Å². The predicted molar refractivity (Wildman–Crippen MR) is 150 cm³/mol. The Labute approximate surface area is 236 Å². The van der Waals surface area contributed by atoms with E-state index in [9.17, 15) is 14.7 Å². The second kappa shape index (κ2) is 9.41. The van der Waals surface area contributed by atoms with Gasteiger partial charge in [-0.1, -0.05) is 6.07 Å². The summed E-state index contributed by atoms with van der Waals surface area (Å²) in [5.74, 6) is -0.474. The fourth-order valence-electron chi connectivity index (χ4n) is 6.73. The molecule has 3 aliphatic rings. The number of benzene rings is 1. The second-order valence-corrected chi connectivity index (χ2v) is 12.2. The van der Waals surface area contributed by atoms with Gasteiger partial charge in [-0.2, -0.15) is 10.2 Å². The van der Waals surface area contributed by atoms with E-state index in [0.29, 0.717) is 12.2 Å². The number of carbonyl (C=O) groups is 2. The number of nitrogens with one attached hydrogen (secondary N) is 1. The summed E-state index contributed by atoms with van der Waals surface area (Å²) in [7, 11) is 1.88. The number of carbonyl (C=O) groups excluding carboxylic acids is 2. The molecule has 3 aliphatic carbocycles. The minimum Gasteiger partial charge on any atom is -0.474 e. The highest BCUT2D eigenvalue weighted by molar-refractivity contribution is 6.05. The number of rotatable bonds is 8. The lowest BCUT2D eigenvalue weighted by Crippen LogP contribution is -2.58. The molecule has 2 amide bonds. The molecule has 1 aromatic carbocycles. The fraction of sp³-hybridized carbons (Fsp3) is 0.433. The molecule has 7 rings (SSSR count). The SMILES string of the molecule is Cn1cc(-c2ccc3c(C(=O)NC4CC5(C4)CC(Oc4ncccc4C(N)=O)C5)nn(CC4(O)CCC4)c3c2)cn1. The van der Waals surface area contributed by atoms with Crippen LogP contribution < -0.4 is 15.8 Å². The number of nitrogens with two attached hydrogens (primary N) is 1. The monoisotopic (exact) mass is 555 g/mol. The summed E-state index contributed by atoms with van der Waals surface area (Å²) in [6.07, 6.45) is 11.2. The van der Waals surface area contributed by atoms with Gasteiger partial charge in [0.15, 0.2) is 5.69 Å². The lowest BCUT2D eigenvalue weighted by molar-refractivity contribution is -0.0848. The van der Waals surface area contributed by atoms with Gasteiger partial charge in [0.2, 0.25) is 5.88 Å². The topological polar surface area (TPSA) is 150 Å². The number of fused-ring (bicyclic) bond motifs is 1. The van der Waals surface area contributed by atoms with Crippen LogP contribution in [0.3, 0.4) is 0 Å². The molecule has 0 saturated heterocycles. The van der Waals surface area contributed by atoms with E-state index in [1.54, 1.807) is 27.7 Å². The molecule has 4 N–H and O–H groups in total. The van der Waals surface area contributed by atoms with Gasteiger partial charge in [0.05, 0.1) is 23.9 Å². The van der Waals surface area contributed by atoms with E-state index in [2.05, 4.69) is 15.4 Å². The number of aryl methyl sites for hydroxylation is 1. The highest BCUT2D eigenvalue weighted by Crippen LogP contribution is 2.56. The molecule has 3 aromatic heterocycles. The lowest BCUT2D eigenvalue weighted by Gasteiger charge is -2.57. The first-order valence-electron chi connectivity index (χ1n) is 14.1. The third kappa shape index (κ3) is 4.63. The van der Waals surface area contributed by atoms with Gasteiger partial charge in [-0.3, -0.25) is 19.0 Å². The van der Waals surface area contributed by atoms with Crippen molar-refractivity contribution in [2.75, 3.05) is 0 Å². The Morgan fingerprint density at radius 1 is 1.17 bits per heavy atom. The largest absolute Gasteiger partial charge is 0.474 e. The van der Waals surface area contributed by atoms with Crippen molar-refractivity contribution in [2.45, 2.75) is 69.2 Å². The molecule has 212 valence electrons. The number of aromatic nitrogens is 5. The van der Waals surface area contributed by atoms with Crippen molar-refractivity contribution in [1.29, 1.82) is 0 Å². The quantitative estimate of drug-likeness (QED) is 0.302.